The first-order valence-electron chi connectivity index (χ1n) is 9.97. The van der Waals surface area contributed by atoms with Crippen LogP contribution in [0.4, 0.5) is 0 Å². The van der Waals surface area contributed by atoms with Crippen molar-refractivity contribution in [1.29, 1.82) is 0 Å². The molecule has 1 unspecified atom stereocenters. The van der Waals surface area contributed by atoms with Crippen molar-refractivity contribution in [3.63, 3.8) is 0 Å². The highest BCUT2D eigenvalue weighted by molar-refractivity contribution is 7.99. The number of carbonyl (C=O) groups excluding carboxylic acids is 1. The summed E-state index contributed by atoms with van der Waals surface area (Å²) in [5.41, 5.74) is 3.02. The molecule has 162 valence electrons. The van der Waals surface area contributed by atoms with Crippen molar-refractivity contribution >= 4 is 34.7 Å². The van der Waals surface area contributed by atoms with E-state index in [0.717, 1.165) is 16.2 Å². The van der Waals surface area contributed by atoms with Gasteiger partial charge in [0, 0.05) is 6.42 Å². The second-order valence-electron chi connectivity index (χ2n) is 7.33. The molecule has 4 heterocycles. The fraction of sp³-hybridized carbons (Fsp3) is 0.182. The number of rotatable bonds is 6. The van der Waals surface area contributed by atoms with E-state index in [4.69, 9.17) is 10.3 Å². The maximum Gasteiger partial charge on any atom is 0.253 e. The molecule has 0 radical (unpaired) electrons. The summed E-state index contributed by atoms with van der Waals surface area (Å²) < 4.78 is 7.02. The monoisotopic (exact) mass is 464 g/mol. The van der Waals surface area contributed by atoms with Crippen LogP contribution in [0.5, 0.6) is 0 Å². The van der Waals surface area contributed by atoms with E-state index in [9.17, 15) is 4.79 Å². The lowest BCUT2D eigenvalue weighted by Gasteiger charge is -2.19. The number of benzene rings is 1. The van der Waals surface area contributed by atoms with Crippen LogP contribution in [-0.4, -0.2) is 37.3 Å². The van der Waals surface area contributed by atoms with E-state index in [1.807, 2.05) is 60.8 Å². The summed E-state index contributed by atoms with van der Waals surface area (Å²) in [6.07, 6.45) is 2.20. The van der Waals surface area contributed by atoms with E-state index in [-0.39, 0.29) is 17.7 Å². The van der Waals surface area contributed by atoms with E-state index < -0.39 is 0 Å². The summed E-state index contributed by atoms with van der Waals surface area (Å²) in [5.74, 6) is 7.41. The zero-order chi connectivity index (χ0) is 22.1. The molecule has 1 amide bonds. The van der Waals surface area contributed by atoms with Gasteiger partial charge in [0.2, 0.25) is 5.16 Å². The minimum absolute atomic E-state index is 0.127. The van der Waals surface area contributed by atoms with Gasteiger partial charge < -0.3 is 10.3 Å². The number of nitrogen functional groups attached to an aromatic ring is 1. The van der Waals surface area contributed by atoms with Gasteiger partial charge in [0.1, 0.15) is 11.8 Å². The molecule has 0 bridgehead atoms. The van der Waals surface area contributed by atoms with Crippen molar-refractivity contribution in [2.24, 2.45) is 5.10 Å². The first-order chi connectivity index (χ1) is 15.6. The lowest BCUT2D eigenvalue weighted by molar-refractivity contribution is -0.130. The largest absolute Gasteiger partial charge is 0.467 e. The Bertz CT molecular complexity index is 1250. The molecule has 32 heavy (non-hydrogen) atoms. The number of thioether (sulfide) groups is 1. The Balaban J connectivity index is 1.35. The molecule has 1 aromatic carbocycles. The van der Waals surface area contributed by atoms with Crippen LogP contribution in [0.1, 0.15) is 29.3 Å². The molecule has 0 aliphatic carbocycles. The molecule has 0 saturated carbocycles. The standard InChI is InChI=1S/C22H20N6O2S2/c1-14-6-8-15(9-7-14)16-12-17(18-4-2-10-30-18)28(26-16)20(29)13-32-22-25-24-21(27(22)23)19-5-3-11-31-19/h2-11,17H,12-13,23H2,1H3. The molecular weight excluding hydrogens is 444 g/mol. The van der Waals surface area contributed by atoms with Gasteiger partial charge in [-0.1, -0.05) is 47.7 Å². The second-order valence-corrected chi connectivity index (χ2v) is 9.22. The fourth-order valence-electron chi connectivity index (χ4n) is 3.50. The van der Waals surface area contributed by atoms with E-state index in [1.165, 1.54) is 38.3 Å². The van der Waals surface area contributed by atoms with E-state index >= 15 is 0 Å². The molecule has 8 nitrogen and oxygen atoms in total. The highest BCUT2D eigenvalue weighted by Gasteiger charge is 2.35. The van der Waals surface area contributed by atoms with Gasteiger partial charge in [-0.15, -0.1) is 21.5 Å². The Morgan fingerprint density at radius 3 is 2.78 bits per heavy atom. The van der Waals surface area contributed by atoms with Crippen molar-refractivity contribution in [3.8, 4) is 10.7 Å². The average Bonchev–Trinajstić information content (AvgIpc) is 3.59. The molecule has 1 aliphatic rings. The molecule has 1 aliphatic heterocycles. The summed E-state index contributed by atoms with van der Waals surface area (Å²) in [6, 6.07) is 15.4. The number of thiophene rings is 1. The second kappa shape index (κ2) is 8.64. The van der Waals surface area contributed by atoms with Crippen molar-refractivity contribution < 1.29 is 9.21 Å². The highest BCUT2D eigenvalue weighted by atomic mass is 32.2. The number of hydrogen-bond donors (Lipinski definition) is 1. The Morgan fingerprint density at radius 1 is 1.22 bits per heavy atom. The third-order valence-electron chi connectivity index (χ3n) is 5.15. The number of hydrogen-bond acceptors (Lipinski definition) is 8. The summed E-state index contributed by atoms with van der Waals surface area (Å²) >= 11 is 2.77. The van der Waals surface area contributed by atoms with Crippen molar-refractivity contribution in [2.75, 3.05) is 11.6 Å². The molecule has 10 heteroatoms. The highest BCUT2D eigenvalue weighted by Crippen LogP contribution is 2.34. The number of aromatic nitrogens is 3. The third kappa shape index (κ3) is 3.94. The lowest BCUT2D eigenvalue weighted by atomic mass is 10.0. The van der Waals surface area contributed by atoms with Crippen LogP contribution >= 0.6 is 23.1 Å². The van der Waals surface area contributed by atoms with Crippen LogP contribution in [0, 0.1) is 6.92 Å². The van der Waals surface area contributed by atoms with Gasteiger partial charge in [-0.05, 0) is 36.1 Å². The minimum atomic E-state index is -0.285. The Hall–Kier alpha value is -3.37. The van der Waals surface area contributed by atoms with Crippen LogP contribution in [0.3, 0.4) is 0 Å². The normalized spacial score (nSPS) is 15.8. The van der Waals surface area contributed by atoms with Gasteiger partial charge in [0.15, 0.2) is 5.82 Å². The van der Waals surface area contributed by atoms with Crippen LogP contribution in [0.15, 0.2) is 74.8 Å². The molecule has 0 spiro atoms. The maximum atomic E-state index is 13.2. The summed E-state index contributed by atoms with van der Waals surface area (Å²) in [6.45, 7) is 2.04. The van der Waals surface area contributed by atoms with Crippen LogP contribution < -0.4 is 5.84 Å². The van der Waals surface area contributed by atoms with Crippen LogP contribution in [0.2, 0.25) is 0 Å². The van der Waals surface area contributed by atoms with E-state index in [1.54, 1.807) is 6.26 Å². The smallest absolute Gasteiger partial charge is 0.253 e. The molecule has 0 saturated heterocycles. The van der Waals surface area contributed by atoms with Gasteiger partial charge in [0.05, 0.1) is 22.6 Å². The number of nitrogens with two attached hydrogens (primary N) is 1. The quantitative estimate of drug-likeness (QED) is 0.341. The number of nitrogens with zero attached hydrogens (tertiary/aromatic N) is 5. The van der Waals surface area contributed by atoms with Gasteiger partial charge in [-0.3, -0.25) is 4.79 Å². The van der Waals surface area contributed by atoms with Crippen LogP contribution in [-0.2, 0) is 4.79 Å². The molecule has 5 rings (SSSR count). The summed E-state index contributed by atoms with van der Waals surface area (Å²) in [4.78, 5) is 14.1. The zero-order valence-corrected chi connectivity index (χ0v) is 18.8. The minimum Gasteiger partial charge on any atom is -0.467 e. The molecule has 2 N–H and O–H groups in total. The average molecular weight is 465 g/mol. The predicted octanol–water partition coefficient (Wildman–Crippen LogP) is 4.09. The third-order valence-corrected chi connectivity index (χ3v) is 6.95. The topological polar surface area (TPSA) is 103 Å². The van der Waals surface area contributed by atoms with Crippen molar-refractivity contribution in [2.45, 2.75) is 24.5 Å². The van der Waals surface area contributed by atoms with Gasteiger partial charge in [-0.25, -0.2) is 9.69 Å². The number of hydrazone groups is 1. The SMILES string of the molecule is Cc1ccc(C2=NN(C(=O)CSc3nnc(-c4cccs4)n3N)C(c3ccco3)C2)cc1. The van der Waals surface area contributed by atoms with Crippen LogP contribution in [0.25, 0.3) is 10.7 Å². The van der Waals surface area contributed by atoms with Crippen molar-refractivity contribution in [1.82, 2.24) is 19.9 Å². The fourth-order valence-corrected chi connectivity index (χ4v) is 4.92. The Morgan fingerprint density at radius 2 is 2.06 bits per heavy atom. The summed E-state index contributed by atoms with van der Waals surface area (Å²) in [5, 5.41) is 16.9. The molecule has 0 fully saturated rings. The number of carbonyl (C=O) groups is 1. The van der Waals surface area contributed by atoms with E-state index in [0.29, 0.717) is 23.2 Å². The molecular formula is C22H20N6O2S2. The first kappa shape index (κ1) is 20.5. The predicted molar refractivity (Wildman–Crippen MR) is 125 cm³/mol. The Kier molecular flexibility index (Phi) is 5.54. The summed E-state index contributed by atoms with van der Waals surface area (Å²) in [7, 11) is 0. The van der Waals surface area contributed by atoms with Gasteiger partial charge in [0.25, 0.3) is 5.91 Å². The van der Waals surface area contributed by atoms with Gasteiger partial charge in [-0.2, -0.15) is 5.10 Å². The molecule has 4 aromatic rings. The number of amides is 1. The Labute approximate surface area is 192 Å². The number of furan rings is 1. The van der Waals surface area contributed by atoms with E-state index in [2.05, 4.69) is 15.3 Å². The maximum absolute atomic E-state index is 13.2. The lowest BCUT2D eigenvalue weighted by Crippen LogP contribution is -2.28. The first-order valence-corrected chi connectivity index (χ1v) is 11.8. The molecule has 3 aromatic heterocycles. The van der Waals surface area contributed by atoms with Gasteiger partial charge >= 0.3 is 0 Å². The number of aryl methyl sites for hydroxylation is 1. The zero-order valence-electron chi connectivity index (χ0n) is 17.2. The molecule has 1 atom stereocenters. The van der Waals surface area contributed by atoms with Crippen molar-refractivity contribution in [3.05, 3.63) is 77.1 Å².